The zero-order chi connectivity index (χ0) is 13.2. The van der Waals surface area contributed by atoms with Gasteiger partial charge >= 0.3 is 6.01 Å². The summed E-state index contributed by atoms with van der Waals surface area (Å²) < 4.78 is 15.7. The van der Waals surface area contributed by atoms with Gasteiger partial charge in [0.1, 0.15) is 6.61 Å². The zero-order valence-corrected chi connectivity index (χ0v) is 11.6. The standard InChI is InChI=1S/C12H19ClN2O3/c1-10-8-11(9-13)15-12(14-10)18-7-6-17-5-3-4-16-2/h8H,3-7,9H2,1-2H3. The molecule has 1 aromatic heterocycles. The van der Waals surface area contributed by atoms with Crippen molar-refractivity contribution in [3.63, 3.8) is 0 Å². The lowest BCUT2D eigenvalue weighted by molar-refractivity contribution is 0.0782. The van der Waals surface area contributed by atoms with Gasteiger partial charge in [0.05, 0.1) is 18.2 Å². The van der Waals surface area contributed by atoms with Crippen molar-refractivity contribution < 1.29 is 14.2 Å². The summed E-state index contributed by atoms with van der Waals surface area (Å²) in [6, 6.07) is 2.19. The molecule has 0 unspecified atom stereocenters. The lowest BCUT2D eigenvalue weighted by Crippen LogP contribution is -2.10. The average Bonchev–Trinajstić information content (AvgIpc) is 2.37. The lowest BCUT2D eigenvalue weighted by atomic mass is 10.4. The van der Waals surface area contributed by atoms with Crippen LogP contribution in [0.3, 0.4) is 0 Å². The molecule has 0 amide bonds. The smallest absolute Gasteiger partial charge is 0.316 e. The van der Waals surface area contributed by atoms with E-state index in [0.29, 0.717) is 38.3 Å². The molecule has 0 aliphatic carbocycles. The molecule has 0 N–H and O–H groups in total. The van der Waals surface area contributed by atoms with Crippen molar-refractivity contribution in [3.05, 3.63) is 17.5 Å². The molecule has 0 saturated heterocycles. The molecule has 0 radical (unpaired) electrons. The summed E-state index contributed by atoms with van der Waals surface area (Å²) in [4.78, 5) is 8.32. The largest absolute Gasteiger partial charge is 0.461 e. The third kappa shape index (κ3) is 6.14. The van der Waals surface area contributed by atoms with Crippen LogP contribution < -0.4 is 4.74 Å². The Hall–Kier alpha value is -0.910. The second-order valence-corrected chi connectivity index (χ2v) is 3.99. The van der Waals surface area contributed by atoms with Crippen LogP contribution in [0.5, 0.6) is 6.01 Å². The van der Waals surface area contributed by atoms with Gasteiger partial charge in [0.2, 0.25) is 0 Å². The molecule has 102 valence electrons. The minimum Gasteiger partial charge on any atom is -0.461 e. The molecule has 1 rings (SSSR count). The maximum absolute atomic E-state index is 5.72. The van der Waals surface area contributed by atoms with Gasteiger partial charge in [-0.25, -0.2) is 4.98 Å². The molecule has 0 saturated carbocycles. The maximum Gasteiger partial charge on any atom is 0.316 e. The summed E-state index contributed by atoms with van der Waals surface area (Å²) in [5.74, 6) is 0.354. The predicted molar refractivity (Wildman–Crippen MR) is 69.1 cm³/mol. The topological polar surface area (TPSA) is 53.5 Å². The van der Waals surface area contributed by atoms with E-state index in [1.165, 1.54) is 0 Å². The molecular weight excluding hydrogens is 256 g/mol. The van der Waals surface area contributed by atoms with Gasteiger partial charge in [0.15, 0.2) is 0 Å². The number of methoxy groups -OCH3 is 1. The number of hydrogen-bond donors (Lipinski definition) is 0. The first-order chi connectivity index (χ1) is 8.76. The summed E-state index contributed by atoms with van der Waals surface area (Å²) in [5.41, 5.74) is 1.61. The van der Waals surface area contributed by atoms with Gasteiger partial charge in [-0.2, -0.15) is 4.98 Å². The van der Waals surface area contributed by atoms with Crippen LogP contribution >= 0.6 is 11.6 Å². The number of rotatable bonds is 9. The molecule has 0 atom stereocenters. The summed E-state index contributed by atoms with van der Waals surface area (Å²) in [6.07, 6.45) is 0.883. The minimum absolute atomic E-state index is 0.353. The fraction of sp³-hybridized carbons (Fsp3) is 0.667. The van der Waals surface area contributed by atoms with E-state index in [0.717, 1.165) is 17.8 Å². The Labute approximate surface area is 112 Å². The van der Waals surface area contributed by atoms with E-state index < -0.39 is 0 Å². The van der Waals surface area contributed by atoms with Gasteiger partial charge in [-0.3, -0.25) is 0 Å². The summed E-state index contributed by atoms with van der Waals surface area (Å²) in [6.45, 7) is 4.20. The molecule has 18 heavy (non-hydrogen) atoms. The Balaban J connectivity index is 2.20. The van der Waals surface area contributed by atoms with Gasteiger partial charge < -0.3 is 14.2 Å². The van der Waals surface area contributed by atoms with E-state index in [1.54, 1.807) is 7.11 Å². The highest BCUT2D eigenvalue weighted by Crippen LogP contribution is 2.08. The molecule has 0 bridgehead atoms. The highest BCUT2D eigenvalue weighted by Gasteiger charge is 2.02. The predicted octanol–water partition coefficient (Wildman–Crippen LogP) is 1.96. The van der Waals surface area contributed by atoms with E-state index in [2.05, 4.69) is 9.97 Å². The Morgan fingerprint density at radius 1 is 1.17 bits per heavy atom. The highest BCUT2D eigenvalue weighted by molar-refractivity contribution is 6.16. The van der Waals surface area contributed by atoms with Crippen molar-refractivity contribution in [2.75, 3.05) is 33.5 Å². The SMILES string of the molecule is COCCCOCCOc1nc(C)cc(CCl)n1. The second-order valence-electron chi connectivity index (χ2n) is 3.72. The first-order valence-corrected chi connectivity index (χ1v) is 6.39. The van der Waals surface area contributed by atoms with Gasteiger partial charge in [-0.1, -0.05) is 0 Å². The van der Waals surface area contributed by atoms with Crippen LogP contribution in [0.25, 0.3) is 0 Å². The fourth-order valence-corrected chi connectivity index (χ4v) is 1.47. The van der Waals surface area contributed by atoms with E-state index in [9.17, 15) is 0 Å². The van der Waals surface area contributed by atoms with Crippen molar-refractivity contribution in [1.82, 2.24) is 9.97 Å². The Bertz CT molecular complexity index is 350. The average molecular weight is 275 g/mol. The molecule has 1 aromatic rings. The van der Waals surface area contributed by atoms with Crippen LogP contribution in [-0.2, 0) is 15.4 Å². The van der Waals surface area contributed by atoms with E-state index in [-0.39, 0.29) is 0 Å². The lowest BCUT2D eigenvalue weighted by Gasteiger charge is -2.07. The monoisotopic (exact) mass is 274 g/mol. The number of aromatic nitrogens is 2. The molecule has 0 spiro atoms. The zero-order valence-electron chi connectivity index (χ0n) is 10.8. The van der Waals surface area contributed by atoms with Gasteiger partial charge in [0, 0.05) is 26.0 Å². The minimum atomic E-state index is 0.353. The van der Waals surface area contributed by atoms with E-state index in [4.69, 9.17) is 25.8 Å². The van der Waals surface area contributed by atoms with Crippen LogP contribution in [0.15, 0.2) is 6.07 Å². The molecule has 0 fully saturated rings. The first-order valence-electron chi connectivity index (χ1n) is 5.86. The Kier molecular flexibility index (Phi) is 7.64. The normalized spacial score (nSPS) is 10.6. The summed E-state index contributed by atoms with van der Waals surface area (Å²) >= 11 is 5.72. The molecule has 0 aliphatic rings. The van der Waals surface area contributed by atoms with Crippen molar-refractivity contribution in [3.8, 4) is 6.01 Å². The number of halogens is 1. The molecular formula is C12H19ClN2O3. The van der Waals surface area contributed by atoms with Crippen LogP contribution in [0, 0.1) is 6.92 Å². The van der Waals surface area contributed by atoms with Gasteiger partial charge in [-0.05, 0) is 19.4 Å². The van der Waals surface area contributed by atoms with Crippen LogP contribution in [0.1, 0.15) is 17.8 Å². The summed E-state index contributed by atoms with van der Waals surface area (Å²) in [5, 5.41) is 0. The number of hydrogen-bond acceptors (Lipinski definition) is 5. The molecule has 0 aromatic carbocycles. The quantitative estimate of drug-likeness (QED) is 0.509. The van der Waals surface area contributed by atoms with Crippen LogP contribution in [0.4, 0.5) is 0 Å². The number of alkyl halides is 1. The van der Waals surface area contributed by atoms with Crippen molar-refractivity contribution in [1.29, 1.82) is 0 Å². The molecule has 1 heterocycles. The number of aryl methyl sites for hydroxylation is 1. The fourth-order valence-electron chi connectivity index (χ4n) is 1.34. The highest BCUT2D eigenvalue weighted by atomic mass is 35.5. The van der Waals surface area contributed by atoms with E-state index >= 15 is 0 Å². The first kappa shape index (κ1) is 15.1. The number of nitrogens with zero attached hydrogens (tertiary/aromatic N) is 2. The third-order valence-corrected chi connectivity index (χ3v) is 2.39. The molecule has 6 heteroatoms. The maximum atomic E-state index is 5.72. The van der Waals surface area contributed by atoms with Crippen molar-refractivity contribution >= 4 is 11.6 Å². The summed E-state index contributed by atoms with van der Waals surface area (Å²) in [7, 11) is 1.67. The Morgan fingerprint density at radius 2 is 2.00 bits per heavy atom. The molecule has 5 nitrogen and oxygen atoms in total. The Morgan fingerprint density at radius 3 is 2.72 bits per heavy atom. The number of ether oxygens (including phenoxy) is 3. The second kappa shape index (κ2) is 9.08. The van der Waals surface area contributed by atoms with Crippen molar-refractivity contribution in [2.45, 2.75) is 19.2 Å². The van der Waals surface area contributed by atoms with Gasteiger partial charge in [0.25, 0.3) is 0 Å². The van der Waals surface area contributed by atoms with Crippen LogP contribution in [-0.4, -0.2) is 43.5 Å². The molecule has 0 aliphatic heterocycles. The van der Waals surface area contributed by atoms with Crippen molar-refractivity contribution in [2.24, 2.45) is 0 Å². The third-order valence-electron chi connectivity index (χ3n) is 2.12. The van der Waals surface area contributed by atoms with E-state index in [1.807, 2.05) is 13.0 Å². The van der Waals surface area contributed by atoms with Crippen LogP contribution in [0.2, 0.25) is 0 Å². The van der Waals surface area contributed by atoms with Gasteiger partial charge in [-0.15, -0.1) is 11.6 Å².